The quantitative estimate of drug-likeness (QED) is 0.802. The minimum atomic E-state index is -1.26. The smallest absolute Gasteiger partial charge is 0.332 e. The fraction of sp³-hybridized carbons (Fsp3) is 0.231. The van der Waals surface area contributed by atoms with Crippen molar-refractivity contribution in [3.05, 3.63) is 29.3 Å². The lowest BCUT2D eigenvalue weighted by Crippen LogP contribution is -2.18. The number of carboxylic acid groups (broad SMARTS) is 2. The van der Waals surface area contributed by atoms with Gasteiger partial charge in [-0.15, -0.1) is 0 Å². The minimum Gasteiger partial charge on any atom is -0.481 e. The van der Waals surface area contributed by atoms with E-state index in [0.717, 1.165) is 0 Å². The highest BCUT2D eigenvalue weighted by molar-refractivity contribution is 5.98. The zero-order valence-electron chi connectivity index (χ0n) is 10.1. The molecule has 2 N–H and O–H groups in total. The molecule has 0 spiro atoms. The molecule has 1 aliphatic heterocycles. The Morgan fingerprint density at radius 3 is 2.58 bits per heavy atom. The molecule has 1 atom stereocenters. The largest absolute Gasteiger partial charge is 0.481 e. The van der Waals surface area contributed by atoms with Crippen LogP contribution in [0, 0.1) is 5.92 Å². The van der Waals surface area contributed by atoms with Gasteiger partial charge < -0.3 is 19.7 Å². The molecule has 0 saturated carbocycles. The Labute approximate surface area is 108 Å². The lowest BCUT2D eigenvalue weighted by Gasteiger charge is -2.07. The lowest BCUT2D eigenvalue weighted by atomic mass is 9.98. The van der Waals surface area contributed by atoms with Crippen molar-refractivity contribution in [3.8, 4) is 11.5 Å². The second kappa shape index (κ2) is 5.01. The van der Waals surface area contributed by atoms with Gasteiger partial charge in [0.15, 0.2) is 11.5 Å². The topological polar surface area (TPSA) is 93.1 Å². The summed E-state index contributed by atoms with van der Waals surface area (Å²) in [5.74, 6) is -2.44. The van der Waals surface area contributed by atoms with E-state index in [1.807, 2.05) is 0 Å². The van der Waals surface area contributed by atoms with Crippen molar-refractivity contribution in [1.82, 2.24) is 0 Å². The normalized spacial score (nSPS) is 15.1. The highest BCUT2D eigenvalue weighted by Crippen LogP contribution is 2.33. The van der Waals surface area contributed by atoms with Gasteiger partial charge in [0.1, 0.15) is 0 Å². The first-order chi connectivity index (χ1) is 8.99. The maximum Gasteiger partial charge on any atom is 0.332 e. The fourth-order valence-corrected chi connectivity index (χ4v) is 1.69. The van der Waals surface area contributed by atoms with Crippen molar-refractivity contribution >= 4 is 18.0 Å². The number of benzene rings is 1. The summed E-state index contributed by atoms with van der Waals surface area (Å²) in [5.41, 5.74) is 0.362. The van der Waals surface area contributed by atoms with Crippen LogP contribution in [0.25, 0.3) is 6.08 Å². The molecule has 100 valence electrons. The van der Waals surface area contributed by atoms with Crippen molar-refractivity contribution in [2.24, 2.45) is 5.92 Å². The highest BCUT2D eigenvalue weighted by atomic mass is 16.7. The SMILES string of the molecule is C[C@@H](C(=O)O)C(=Cc1ccc2c(c1)OCO2)C(=O)O. The van der Waals surface area contributed by atoms with Crippen molar-refractivity contribution in [2.45, 2.75) is 6.92 Å². The third kappa shape index (κ3) is 2.67. The zero-order valence-corrected chi connectivity index (χ0v) is 10.1. The summed E-state index contributed by atoms with van der Waals surface area (Å²) in [7, 11) is 0. The molecule has 0 bridgehead atoms. The average molecular weight is 264 g/mol. The number of rotatable bonds is 4. The van der Waals surface area contributed by atoms with Gasteiger partial charge in [-0.1, -0.05) is 6.07 Å². The van der Waals surface area contributed by atoms with Gasteiger partial charge in [0, 0.05) is 0 Å². The molecule has 6 heteroatoms. The number of aliphatic carboxylic acids is 2. The van der Waals surface area contributed by atoms with Crippen molar-refractivity contribution in [1.29, 1.82) is 0 Å². The summed E-state index contributed by atoms with van der Waals surface area (Å²) in [5, 5.41) is 17.9. The Morgan fingerprint density at radius 1 is 1.26 bits per heavy atom. The van der Waals surface area contributed by atoms with Crippen molar-refractivity contribution in [3.63, 3.8) is 0 Å². The molecule has 6 nitrogen and oxygen atoms in total. The van der Waals surface area contributed by atoms with Crippen LogP contribution in [-0.2, 0) is 9.59 Å². The van der Waals surface area contributed by atoms with Crippen LogP contribution in [0.3, 0.4) is 0 Å². The average Bonchev–Trinajstić information content (AvgIpc) is 2.81. The number of hydrogen-bond acceptors (Lipinski definition) is 4. The number of carboxylic acids is 2. The molecule has 1 heterocycles. The van der Waals surface area contributed by atoms with Gasteiger partial charge in [-0.05, 0) is 30.7 Å². The second-order valence-electron chi connectivity index (χ2n) is 4.08. The van der Waals surface area contributed by atoms with Crippen LogP contribution in [0.15, 0.2) is 23.8 Å². The highest BCUT2D eigenvalue weighted by Gasteiger charge is 2.23. The summed E-state index contributed by atoms with van der Waals surface area (Å²) >= 11 is 0. The maximum absolute atomic E-state index is 11.1. The van der Waals surface area contributed by atoms with Crippen LogP contribution in [-0.4, -0.2) is 28.9 Å². The number of carbonyl (C=O) groups is 2. The summed E-state index contributed by atoms with van der Waals surface area (Å²) < 4.78 is 10.3. The second-order valence-corrected chi connectivity index (χ2v) is 4.08. The molecule has 0 unspecified atom stereocenters. The van der Waals surface area contributed by atoms with Gasteiger partial charge >= 0.3 is 11.9 Å². The van der Waals surface area contributed by atoms with Gasteiger partial charge in [-0.2, -0.15) is 0 Å². The summed E-state index contributed by atoms with van der Waals surface area (Å²) in [6.07, 6.45) is 1.32. The van der Waals surface area contributed by atoms with E-state index in [1.165, 1.54) is 13.0 Å². The molecule has 1 aromatic carbocycles. The molecule has 0 aromatic heterocycles. The lowest BCUT2D eigenvalue weighted by molar-refractivity contribution is -0.143. The van der Waals surface area contributed by atoms with Gasteiger partial charge in [0.25, 0.3) is 0 Å². The third-order valence-corrected chi connectivity index (χ3v) is 2.80. The fourth-order valence-electron chi connectivity index (χ4n) is 1.69. The Hall–Kier alpha value is -2.50. The van der Waals surface area contributed by atoms with Crippen LogP contribution in [0.5, 0.6) is 11.5 Å². The van der Waals surface area contributed by atoms with E-state index in [0.29, 0.717) is 17.1 Å². The Bertz CT molecular complexity index is 560. The first-order valence-corrected chi connectivity index (χ1v) is 5.56. The monoisotopic (exact) mass is 264 g/mol. The molecule has 19 heavy (non-hydrogen) atoms. The Morgan fingerprint density at radius 2 is 1.95 bits per heavy atom. The van der Waals surface area contributed by atoms with Gasteiger partial charge in [0.2, 0.25) is 6.79 Å². The van der Waals surface area contributed by atoms with Crippen molar-refractivity contribution < 1.29 is 29.3 Å². The predicted molar refractivity (Wildman–Crippen MR) is 65.0 cm³/mol. The number of hydrogen-bond donors (Lipinski definition) is 2. The molecule has 1 aliphatic rings. The number of fused-ring (bicyclic) bond motifs is 1. The van der Waals surface area contributed by atoms with E-state index >= 15 is 0 Å². The predicted octanol–water partition coefficient (Wildman–Crippen LogP) is 1.60. The van der Waals surface area contributed by atoms with E-state index < -0.39 is 17.9 Å². The summed E-state index contributed by atoms with van der Waals surface area (Å²) in [6, 6.07) is 4.91. The van der Waals surface area contributed by atoms with Gasteiger partial charge in [-0.3, -0.25) is 4.79 Å². The van der Waals surface area contributed by atoms with E-state index in [9.17, 15) is 9.59 Å². The minimum absolute atomic E-state index is 0.125. The Balaban J connectivity index is 2.36. The third-order valence-electron chi connectivity index (χ3n) is 2.80. The van der Waals surface area contributed by atoms with Crippen molar-refractivity contribution in [2.75, 3.05) is 6.79 Å². The van der Waals surface area contributed by atoms with E-state index in [4.69, 9.17) is 19.7 Å². The van der Waals surface area contributed by atoms with Gasteiger partial charge in [-0.25, -0.2) is 4.79 Å². The maximum atomic E-state index is 11.1. The van der Waals surface area contributed by atoms with E-state index in [-0.39, 0.29) is 12.4 Å². The molecule has 0 saturated heterocycles. The Kier molecular flexibility index (Phi) is 3.41. The molecule has 0 amide bonds. The first kappa shape index (κ1) is 12.9. The van der Waals surface area contributed by atoms with E-state index in [2.05, 4.69) is 0 Å². The summed E-state index contributed by atoms with van der Waals surface area (Å²) in [6.45, 7) is 1.45. The van der Waals surface area contributed by atoms with Crippen LogP contribution >= 0.6 is 0 Å². The number of ether oxygens (including phenoxy) is 2. The standard InChI is InChI=1S/C13H12O6/c1-7(12(14)15)9(13(16)17)4-8-2-3-10-11(5-8)19-6-18-10/h2-5,7H,6H2,1H3,(H,14,15)(H,16,17)/t7-/m1/s1. The van der Waals surface area contributed by atoms with Crippen LogP contribution in [0.2, 0.25) is 0 Å². The molecule has 2 rings (SSSR count). The van der Waals surface area contributed by atoms with Gasteiger partial charge in [0.05, 0.1) is 11.5 Å². The molecule has 0 aliphatic carbocycles. The molecular weight excluding hydrogens is 252 g/mol. The van der Waals surface area contributed by atoms with E-state index in [1.54, 1.807) is 18.2 Å². The van der Waals surface area contributed by atoms with Crippen LogP contribution in [0.1, 0.15) is 12.5 Å². The molecule has 0 fully saturated rings. The van der Waals surface area contributed by atoms with Crippen LogP contribution < -0.4 is 9.47 Å². The summed E-state index contributed by atoms with van der Waals surface area (Å²) in [4.78, 5) is 22.0. The molecular formula is C13H12O6. The first-order valence-electron chi connectivity index (χ1n) is 5.56. The van der Waals surface area contributed by atoms with Crippen LogP contribution in [0.4, 0.5) is 0 Å². The molecule has 0 radical (unpaired) electrons. The molecule has 1 aromatic rings. The zero-order chi connectivity index (χ0) is 14.0.